The second kappa shape index (κ2) is 5.08. The largest absolute Gasteiger partial charge is 0.297 e. The van der Waals surface area contributed by atoms with Gasteiger partial charge in [-0.2, -0.15) is 0 Å². The second-order valence-corrected chi connectivity index (χ2v) is 4.35. The van der Waals surface area contributed by atoms with Crippen LogP contribution in [-0.2, 0) is 11.3 Å². The van der Waals surface area contributed by atoms with Gasteiger partial charge in [0.1, 0.15) is 12.1 Å². The SMILES string of the molecule is CCC(C)C(=O)Cn1nnc2ccccc2c1=O. The molecular weight excluding hydrogens is 230 g/mol. The lowest BCUT2D eigenvalue weighted by atomic mass is 10.0. The van der Waals surface area contributed by atoms with Crippen LogP contribution in [0, 0.1) is 5.92 Å². The van der Waals surface area contributed by atoms with E-state index >= 15 is 0 Å². The molecule has 0 N–H and O–H groups in total. The molecule has 0 radical (unpaired) electrons. The first-order chi connectivity index (χ1) is 8.63. The molecule has 1 aromatic heterocycles. The Bertz CT molecular complexity index is 633. The number of carbonyl (C=O) groups excluding carboxylic acids is 1. The van der Waals surface area contributed by atoms with Crippen molar-refractivity contribution in [3.8, 4) is 0 Å². The third kappa shape index (κ3) is 2.30. The van der Waals surface area contributed by atoms with Crippen molar-refractivity contribution in [1.29, 1.82) is 0 Å². The van der Waals surface area contributed by atoms with Gasteiger partial charge in [0.25, 0.3) is 5.56 Å². The Morgan fingerprint density at radius 1 is 1.39 bits per heavy atom. The number of hydrogen-bond acceptors (Lipinski definition) is 4. The van der Waals surface area contributed by atoms with Crippen molar-refractivity contribution >= 4 is 16.7 Å². The fourth-order valence-electron chi connectivity index (χ4n) is 1.66. The Balaban J connectivity index is 2.38. The molecule has 0 amide bonds. The van der Waals surface area contributed by atoms with Gasteiger partial charge in [-0.1, -0.05) is 31.2 Å². The van der Waals surface area contributed by atoms with E-state index in [1.807, 2.05) is 13.8 Å². The molecule has 0 spiro atoms. The minimum atomic E-state index is -0.266. The third-order valence-corrected chi connectivity index (χ3v) is 3.10. The summed E-state index contributed by atoms with van der Waals surface area (Å²) in [6.45, 7) is 3.78. The topological polar surface area (TPSA) is 64.8 Å². The lowest BCUT2D eigenvalue weighted by molar-refractivity contribution is -0.123. The molecule has 94 valence electrons. The summed E-state index contributed by atoms with van der Waals surface area (Å²) in [5.74, 6) is -0.0608. The van der Waals surface area contributed by atoms with Gasteiger partial charge in [0.15, 0.2) is 5.78 Å². The van der Waals surface area contributed by atoms with E-state index in [0.29, 0.717) is 10.9 Å². The molecule has 1 unspecified atom stereocenters. The quantitative estimate of drug-likeness (QED) is 0.816. The molecule has 0 saturated carbocycles. The zero-order chi connectivity index (χ0) is 13.1. The predicted molar refractivity (Wildman–Crippen MR) is 68.3 cm³/mol. The fourth-order valence-corrected chi connectivity index (χ4v) is 1.66. The Hall–Kier alpha value is -2.04. The van der Waals surface area contributed by atoms with E-state index in [2.05, 4.69) is 10.3 Å². The summed E-state index contributed by atoms with van der Waals surface area (Å²) in [5.41, 5.74) is 0.284. The maximum absolute atomic E-state index is 12.1. The molecule has 0 aliphatic heterocycles. The number of fused-ring (bicyclic) bond motifs is 1. The van der Waals surface area contributed by atoms with E-state index in [9.17, 15) is 9.59 Å². The first kappa shape index (κ1) is 12.4. The Kier molecular flexibility index (Phi) is 3.50. The molecule has 1 aromatic carbocycles. The van der Waals surface area contributed by atoms with E-state index in [4.69, 9.17) is 0 Å². The van der Waals surface area contributed by atoms with Crippen molar-refractivity contribution in [2.75, 3.05) is 0 Å². The van der Waals surface area contributed by atoms with Gasteiger partial charge in [-0.3, -0.25) is 9.59 Å². The maximum atomic E-state index is 12.1. The number of rotatable bonds is 4. The van der Waals surface area contributed by atoms with Crippen molar-refractivity contribution in [3.63, 3.8) is 0 Å². The molecule has 0 aliphatic carbocycles. The van der Waals surface area contributed by atoms with Gasteiger partial charge in [0.05, 0.1) is 5.39 Å². The lowest BCUT2D eigenvalue weighted by Crippen LogP contribution is -2.29. The molecule has 5 heteroatoms. The third-order valence-electron chi connectivity index (χ3n) is 3.10. The van der Waals surface area contributed by atoms with Crippen molar-refractivity contribution in [3.05, 3.63) is 34.6 Å². The number of benzene rings is 1. The molecule has 0 bridgehead atoms. The Labute approximate surface area is 104 Å². The minimum Gasteiger partial charge on any atom is -0.297 e. The van der Waals surface area contributed by atoms with Crippen LogP contribution in [0.3, 0.4) is 0 Å². The summed E-state index contributed by atoms with van der Waals surface area (Å²) in [6.07, 6.45) is 0.759. The van der Waals surface area contributed by atoms with Crippen LogP contribution in [0.2, 0.25) is 0 Å². The summed E-state index contributed by atoms with van der Waals surface area (Å²) in [5, 5.41) is 8.23. The van der Waals surface area contributed by atoms with E-state index in [0.717, 1.165) is 11.1 Å². The molecule has 5 nitrogen and oxygen atoms in total. The van der Waals surface area contributed by atoms with Crippen LogP contribution < -0.4 is 5.56 Å². The summed E-state index contributed by atoms with van der Waals surface area (Å²) >= 11 is 0. The summed E-state index contributed by atoms with van der Waals surface area (Å²) in [6, 6.07) is 6.98. The van der Waals surface area contributed by atoms with E-state index < -0.39 is 0 Å². The highest BCUT2D eigenvalue weighted by Gasteiger charge is 2.14. The van der Waals surface area contributed by atoms with Crippen molar-refractivity contribution in [2.45, 2.75) is 26.8 Å². The molecular formula is C13H15N3O2. The van der Waals surface area contributed by atoms with Crippen molar-refractivity contribution in [2.24, 2.45) is 5.92 Å². The molecule has 1 heterocycles. The van der Waals surface area contributed by atoms with Crippen LogP contribution >= 0.6 is 0 Å². The molecule has 0 aliphatic rings. The Morgan fingerprint density at radius 2 is 2.11 bits per heavy atom. The molecule has 18 heavy (non-hydrogen) atoms. The van der Waals surface area contributed by atoms with Gasteiger partial charge in [0, 0.05) is 5.92 Å². The highest BCUT2D eigenvalue weighted by Crippen LogP contribution is 2.05. The van der Waals surface area contributed by atoms with Crippen molar-refractivity contribution < 1.29 is 4.79 Å². The van der Waals surface area contributed by atoms with Gasteiger partial charge >= 0.3 is 0 Å². The van der Waals surface area contributed by atoms with Crippen molar-refractivity contribution in [1.82, 2.24) is 15.0 Å². The summed E-state index contributed by atoms with van der Waals surface area (Å²) in [7, 11) is 0. The molecule has 2 rings (SSSR count). The highest BCUT2D eigenvalue weighted by molar-refractivity contribution is 5.81. The summed E-state index contributed by atoms with van der Waals surface area (Å²) in [4.78, 5) is 23.9. The molecule has 0 fully saturated rings. The molecule has 2 aromatic rings. The number of carbonyl (C=O) groups is 1. The van der Waals surface area contributed by atoms with E-state index in [-0.39, 0.29) is 23.8 Å². The fraction of sp³-hybridized carbons (Fsp3) is 0.385. The van der Waals surface area contributed by atoms with Crippen LogP contribution in [0.5, 0.6) is 0 Å². The highest BCUT2D eigenvalue weighted by atomic mass is 16.1. The average Bonchev–Trinajstić information content (AvgIpc) is 2.41. The zero-order valence-corrected chi connectivity index (χ0v) is 10.5. The number of nitrogens with zero attached hydrogens (tertiary/aromatic N) is 3. The van der Waals surface area contributed by atoms with E-state index in [1.165, 1.54) is 0 Å². The monoisotopic (exact) mass is 245 g/mol. The van der Waals surface area contributed by atoms with Gasteiger partial charge in [-0.05, 0) is 18.6 Å². The van der Waals surface area contributed by atoms with Crippen LogP contribution in [0.15, 0.2) is 29.1 Å². The number of ketones is 1. The predicted octanol–water partition coefficient (Wildman–Crippen LogP) is 1.41. The second-order valence-electron chi connectivity index (χ2n) is 4.35. The van der Waals surface area contributed by atoms with Crippen LogP contribution in [0.25, 0.3) is 10.9 Å². The normalized spacial score (nSPS) is 12.6. The van der Waals surface area contributed by atoms with Gasteiger partial charge < -0.3 is 0 Å². The van der Waals surface area contributed by atoms with Crippen LogP contribution in [0.1, 0.15) is 20.3 Å². The van der Waals surface area contributed by atoms with E-state index in [1.54, 1.807) is 24.3 Å². The first-order valence-corrected chi connectivity index (χ1v) is 5.98. The smallest absolute Gasteiger partial charge is 0.278 e. The molecule has 1 atom stereocenters. The van der Waals surface area contributed by atoms with Gasteiger partial charge in [-0.15, -0.1) is 5.10 Å². The van der Waals surface area contributed by atoms with Gasteiger partial charge in [-0.25, -0.2) is 4.68 Å². The lowest BCUT2D eigenvalue weighted by Gasteiger charge is -2.08. The van der Waals surface area contributed by atoms with Crippen LogP contribution in [-0.4, -0.2) is 20.8 Å². The molecule has 0 saturated heterocycles. The van der Waals surface area contributed by atoms with Crippen LogP contribution in [0.4, 0.5) is 0 Å². The number of hydrogen-bond donors (Lipinski definition) is 0. The first-order valence-electron chi connectivity index (χ1n) is 5.98. The maximum Gasteiger partial charge on any atom is 0.278 e. The Morgan fingerprint density at radius 3 is 2.83 bits per heavy atom. The number of Topliss-reactive ketones (excluding diaryl/α,β-unsaturated/α-hetero) is 1. The zero-order valence-electron chi connectivity index (χ0n) is 10.5. The van der Waals surface area contributed by atoms with Gasteiger partial charge in [0.2, 0.25) is 0 Å². The standard InChI is InChI=1S/C13H15N3O2/c1-3-9(2)12(17)8-16-13(18)10-6-4-5-7-11(10)14-15-16/h4-7,9H,3,8H2,1-2H3. The average molecular weight is 245 g/mol. The summed E-state index contributed by atoms with van der Waals surface area (Å²) < 4.78 is 1.14. The minimum absolute atomic E-state index is 0.00387. The number of aromatic nitrogens is 3.